The lowest BCUT2D eigenvalue weighted by atomic mass is 9.84. The predicted octanol–water partition coefficient (Wildman–Crippen LogP) is 5.39. The molecule has 2 aliphatic rings. The van der Waals surface area contributed by atoms with Crippen LogP contribution >= 0.6 is 0 Å². The molecule has 0 aliphatic carbocycles. The van der Waals surface area contributed by atoms with Gasteiger partial charge in [-0.3, -0.25) is 4.79 Å². The first-order chi connectivity index (χ1) is 18.6. The number of nitrogens with one attached hydrogen (secondary N) is 1. The summed E-state index contributed by atoms with van der Waals surface area (Å²) in [5.74, 6) is 2.76. The topological polar surface area (TPSA) is 117 Å². The highest BCUT2D eigenvalue weighted by atomic mass is 16.6. The van der Waals surface area contributed by atoms with Crippen LogP contribution in [0.3, 0.4) is 0 Å². The van der Waals surface area contributed by atoms with E-state index in [1.54, 1.807) is 6.33 Å². The van der Waals surface area contributed by atoms with Crippen LogP contribution in [0.2, 0.25) is 0 Å². The van der Waals surface area contributed by atoms with Crippen LogP contribution in [0.5, 0.6) is 0 Å². The molecule has 2 aliphatic heterocycles. The number of aromatic nitrogens is 4. The highest BCUT2D eigenvalue weighted by Gasteiger charge is 2.32. The number of ether oxygens (including phenoxy) is 1. The molecular formula is C29H40N6O4. The van der Waals surface area contributed by atoms with Gasteiger partial charge >= 0.3 is 6.09 Å². The predicted molar refractivity (Wildman–Crippen MR) is 148 cm³/mol. The first-order valence-corrected chi connectivity index (χ1v) is 14.1. The Labute approximate surface area is 229 Å². The van der Waals surface area contributed by atoms with E-state index in [0.29, 0.717) is 36.9 Å². The number of carbonyl (C=O) groups excluding carboxylic acids is 2. The number of ketones is 1. The third kappa shape index (κ3) is 6.09. The van der Waals surface area contributed by atoms with E-state index in [4.69, 9.17) is 9.26 Å². The number of anilines is 1. The minimum atomic E-state index is -0.474. The van der Waals surface area contributed by atoms with Gasteiger partial charge in [-0.05, 0) is 57.4 Å². The fourth-order valence-corrected chi connectivity index (χ4v) is 5.65. The number of rotatable bonds is 8. The number of Topliss-reactive ketones (excluding diaryl/α,β-unsaturated/α-hetero) is 1. The Morgan fingerprint density at radius 2 is 2.03 bits per heavy atom. The molecule has 0 aromatic carbocycles. The molecule has 3 aromatic heterocycles. The molecule has 210 valence electrons. The standard InChI is InChI=1S/C29H40N6O4/c1-18(6-7-20-9-12-35(15-20)28(37)38-29(3,4)5)19(2)14-23(36)25-22-16-34(13-10-24(22)39-33-25)27-21-8-11-30-26(21)31-17-32-27/h8,11,17-20H,6-7,9-10,12-16H2,1-5H3,(H,30,31,32)/t18?,19-,20?/m1/s1. The van der Waals surface area contributed by atoms with E-state index in [1.165, 1.54) is 0 Å². The van der Waals surface area contributed by atoms with E-state index >= 15 is 0 Å². The van der Waals surface area contributed by atoms with Gasteiger partial charge in [0, 0.05) is 44.2 Å². The van der Waals surface area contributed by atoms with Crippen molar-refractivity contribution in [2.24, 2.45) is 17.8 Å². The highest BCUT2D eigenvalue weighted by molar-refractivity contribution is 5.96. The quantitative estimate of drug-likeness (QED) is 0.381. The molecule has 3 atom stereocenters. The van der Waals surface area contributed by atoms with Gasteiger partial charge in [-0.1, -0.05) is 25.4 Å². The molecule has 1 saturated heterocycles. The van der Waals surface area contributed by atoms with Gasteiger partial charge in [-0.15, -0.1) is 0 Å². The molecule has 0 saturated carbocycles. The van der Waals surface area contributed by atoms with Crippen LogP contribution in [-0.4, -0.2) is 62.1 Å². The van der Waals surface area contributed by atoms with Crippen LogP contribution < -0.4 is 4.90 Å². The van der Waals surface area contributed by atoms with E-state index in [0.717, 1.165) is 67.1 Å². The van der Waals surface area contributed by atoms with Crippen molar-refractivity contribution < 1.29 is 18.8 Å². The number of fused-ring (bicyclic) bond motifs is 2. The Hall–Kier alpha value is -3.43. The molecule has 0 spiro atoms. The summed E-state index contributed by atoms with van der Waals surface area (Å²) in [6.45, 7) is 12.8. The molecule has 0 radical (unpaired) electrons. The molecular weight excluding hydrogens is 496 g/mol. The number of aromatic amines is 1. The summed E-state index contributed by atoms with van der Waals surface area (Å²) in [4.78, 5) is 41.7. The zero-order chi connectivity index (χ0) is 27.7. The van der Waals surface area contributed by atoms with Crippen LogP contribution in [0.4, 0.5) is 10.6 Å². The number of hydrogen-bond acceptors (Lipinski definition) is 8. The van der Waals surface area contributed by atoms with Gasteiger partial charge in [0.1, 0.15) is 29.2 Å². The first kappa shape index (κ1) is 27.1. The van der Waals surface area contributed by atoms with Crippen molar-refractivity contribution in [1.29, 1.82) is 0 Å². The maximum Gasteiger partial charge on any atom is 0.410 e. The molecule has 10 nitrogen and oxygen atoms in total. The Morgan fingerprint density at radius 3 is 2.82 bits per heavy atom. The lowest BCUT2D eigenvalue weighted by molar-refractivity contribution is 0.0287. The van der Waals surface area contributed by atoms with Crippen molar-refractivity contribution in [3.63, 3.8) is 0 Å². The average molecular weight is 537 g/mol. The second-order valence-electron chi connectivity index (χ2n) is 12.3. The highest BCUT2D eigenvalue weighted by Crippen LogP contribution is 2.32. The SMILES string of the molecule is CC(CCC1CCN(C(=O)OC(C)(C)C)C1)[C@H](C)CC(=O)c1noc2c1CN(c1ncnc3[nH]ccc13)CC2. The number of nitrogens with zero attached hydrogens (tertiary/aromatic N) is 5. The number of amides is 1. The fraction of sp³-hybridized carbons (Fsp3) is 0.621. The number of likely N-dealkylation sites (tertiary alicyclic amines) is 1. The average Bonchev–Trinajstić information content (AvgIpc) is 3.65. The fourth-order valence-electron chi connectivity index (χ4n) is 5.65. The monoisotopic (exact) mass is 536 g/mol. The molecule has 5 heterocycles. The molecule has 1 amide bonds. The summed E-state index contributed by atoms with van der Waals surface area (Å²) in [7, 11) is 0. The molecule has 1 fully saturated rings. The minimum Gasteiger partial charge on any atom is -0.444 e. The summed E-state index contributed by atoms with van der Waals surface area (Å²) >= 11 is 0. The van der Waals surface area contributed by atoms with Crippen LogP contribution in [0.25, 0.3) is 11.0 Å². The Bertz CT molecular complexity index is 1320. The van der Waals surface area contributed by atoms with Crippen molar-refractivity contribution in [2.45, 2.75) is 78.9 Å². The Morgan fingerprint density at radius 1 is 1.21 bits per heavy atom. The van der Waals surface area contributed by atoms with Crippen LogP contribution in [0.15, 0.2) is 23.1 Å². The van der Waals surface area contributed by atoms with Gasteiger partial charge in [-0.2, -0.15) is 0 Å². The van der Waals surface area contributed by atoms with Gasteiger partial charge < -0.3 is 24.0 Å². The molecule has 2 unspecified atom stereocenters. The second-order valence-corrected chi connectivity index (χ2v) is 12.3. The number of carbonyl (C=O) groups is 2. The second kappa shape index (κ2) is 11.0. The smallest absolute Gasteiger partial charge is 0.410 e. The summed E-state index contributed by atoms with van der Waals surface area (Å²) in [6.07, 6.45) is 7.38. The minimum absolute atomic E-state index is 0.0349. The van der Waals surface area contributed by atoms with Gasteiger partial charge in [0.25, 0.3) is 0 Å². The van der Waals surface area contributed by atoms with E-state index in [2.05, 4.69) is 38.9 Å². The zero-order valence-electron chi connectivity index (χ0n) is 23.7. The van der Waals surface area contributed by atoms with Crippen molar-refractivity contribution in [1.82, 2.24) is 25.0 Å². The largest absolute Gasteiger partial charge is 0.444 e. The summed E-state index contributed by atoms with van der Waals surface area (Å²) < 4.78 is 11.1. The Kier molecular flexibility index (Phi) is 7.64. The molecule has 10 heteroatoms. The maximum absolute atomic E-state index is 13.4. The van der Waals surface area contributed by atoms with Gasteiger partial charge in [0.15, 0.2) is 11.5 Å². The lowest BCUT2D eigenvalue weighted by Crippen LogP contribution is -2.35. The molecule has 3 aromatic rings. The lowest BCUT2D eigenvalue weighted by Gasteiger charge is -2.27. The third-order valence-electron chi connectivity index (χ3n) is 8.17. The first-order valence-electron chi connectivity index (χ1n) is 14.1. The third-order valence-corrected chi connectivity index (χ3v) is 8.17. The molecule has 1 N–H and O–H groups in total. The van der Waals surface area contributed by atoms with E-state index in [-0.39, 0.29) is 17.8 Å². The van der Waals surface area contributed by atoms with E-state index in [9.17, 15) is 9.59 Å². The normalized spacial score (nSPS) is 19.3. The van der Waals surface area contributed by atoms with Gasteiger partial charge in [0.05, 0.1) is 11.9 Å². The zero-order valence-corrected chi connectivity index (χ0v) is 23.7. The van der Waals surface area contributed by atoms with Crippen molar-refractivity contribution in [2.75, 3.05) is 24.5 Å². The maximum atomic E-state index is 13.4. The van der Waals surface area contributed by atoms with E-state index < -0.39 is 5.60 Å². The number of H-pyrrole nitrogens is 1. The Balaban J connectivity index is 1.14. The van der Waals surface area contributed by atoms with Crippen LogP contribution in [0, 0.1) is 17.8 Å². The van der Waals surface area contributed by atoms with Crippen LogP contribution in [-0.2, 0) is 17.7 Å². The molecule has 0 bridgehead atoms. The summed E-state index contributed by atoms with van der Waals surface area (Å²) in [6, 6.07) is 1.98. The van der Waals surface area contributed by atoms with Crippen molar-refractivity contribution in [3.8, 4) is 0 Å². The van der Waals surface area contributed by atoms with E-state index in [1.807, 2.05) is 37.9 Å². The van der Waals surface area contributed by atoms with Crippen LogP contribution in [0.1, 0.15) is 82.1 Å². The van der Waals surface area contributed by atoms with Gasteiger partial charge in [-0.25, -0.2) is 14.8 Å². The van der Waals surface area contributed by atoms with Crippen molar-refractivity contribution in [3.05, 3.63) is 35.6 Å². The number of hydrogen-bond donors (Lipinski definition) is 1. The summed E-state index contributed by atoms with van der Waals surface area (Å²) in [5.41, 5.74) is 1.65. The van der Waals surface area contributed by atoms with Crippen molar-refractivity contribution >= 4 is 28.7 Å². The molecule has 39 heavy (non-hydrogen) atoms. The van der Waals surface area contributed by atoms with Gasteiger partial charge in [0.2, 0.25) is 0 Å². The molecule has 5 rings (SSSR count). The summed E-state index contributed by atoms with van der Waals surface area (Å²) in [5, 5.41) is 5.17.